The maximum absolute atomic E-state index is 13.1. The van der Waals surface area contributed by atoms with E-state index in [1.807, 2.05) is 13.8 Å². The number of anilines is 1. The third-order valence-corrected chi connectivity index (χ3v) is 5.68. The van der Waals surface area contributed by atoms with Gasteiger partial charge in [0.05, 0.1) is 12.3 Å². The third kappa shape index (κ3) is 4.57. The molecule has 0 bridgehead atoms. The van der Waals surface area contributed by atoms with Gasteiger partial charge in [-0.15, -0.1) is 0 Å². The van der Waals surface area contributed by atoms with Gasteiger partial charge in [0.25, 0.3) is 5.56 Å². The molecule has 1 amide bonds. The number of amides is 1. The summed E-state index contributed by atoms with van der Waals surface area (Å²) in [6, 6.07) is 5.88. The van der Waals surface area contributed by atoms with E-state index in [-0.39, 0.29) is 35.9 Å². The van der Waals surface area contributed by atoms with Crippen LogP contribution in [0.4, 0.5) is 5.82 Å². The van der Waals surface area contributed by atoms with Gasteiger partial charge < -0.3 is 21.5 Å². The summed E-state index contributed by atoms with van der Waals surface area (Å²) in [7, 11) is 0. The van der Waals surface area contributed by atoms with Crippen LogP contribution in [0.3, 0.4) is 0 Å². The number of rotatable bonds is 7. The van der Waals surface area contributed by atoms with Gasteiger partial charge in [-0.25, -0.2) is 4.98 Å². The number of aromatic nitrogens is 2. The van der Waals surface area contributed by atoms with Gasteiger partial charge in [0.15, 0.2) is 11.0 Å². The van der Waals surface area contributed by atoms with Gasteiger partial charge in [-0.1, -0.05) is 49.7 Å². The van der Waals surface area contributed by atoms with E-state index in [9.17, 15) is 14.7 Å². The minimum absolute atomic E-state index is 0.00521. The number of nitrogen functional groups attached to an aromatic ring is 1. The normalized spacial score (nSPS) is 17.6. The predicted molar refractivity (Wildman–Crippen MR) is 120 cm³/mol. The lowest BCUT2D eigenvalue weighted by molar-refractivity contribution is -0.124. The zero-order chi connectivity index (χ0) is 22.9. The Kier molecular flexibility index (Phi) is 6.38. The van der Waals surface area contributed by atoms with Crippen LogP contribution in [-0.4, -0.2) is 39.0 Å². The van der Waals surface area contributed by atoms with Crippen LogP contribution in [-0.2, 0) is 16.8 Å². The van der Waals surface area contributed by atoms with E-state index in [1.54, 1.807) is 31.2 Å². The lowest BCUT2D eigenvalue weighted by Gasteiger charge is -2.19. The standard InChI is InChI=1S/C21H27ClN6O3/c1-11(10-29)26-18-20(31)28-14(8-21(2,3)15(28)16(22)27-18)19(30)25-9-12-4-6-13(7-5-12)17(23)24/h4-7,11,14,29H,8-10H2,1-3H3,(H3,23,24)(H,25,30)(H,26,27)/t11?,14-/m0/s1. The molecule has 1 aliphatic heterocycles. The van der Waals surface area contributed by atoms with Gasteiger partial charge in [0.1, 0.15) is 11.9 Å². The summed E-state index contributed by atoms with van der Waals surface area (Å²) in [6.45, 7) is 5.63. The Morgan fingerprint density at radius 2 is 2.06 bits per heavy atom. The van der Waals surface area contributed by atoms with E-state index < -0.39 is 23.1 Å². The molecular formula is C21H27ClN6O3. The maximum atomic E-state index is 13.1. The van der Waals surface area contributed by atoms with Crippen molar-refractivity contribution in [2.24, 2.45) is 5.73 Å². The van der Waals surface area contributed by atoms with Crippen molar-refractivity contribution in [3.05, 3.63) is 56.6 Å². The lowest BCUT2D eigenvalue weighted by atomic mass is 9.87. The number of amidine groups is 1. The van der Waals surface area contributed by atoms with E-state index in [0.29, 0.717) is 17.7 Å². The smallest absolute Gasteiger partial charge is 0.294 e. The Labute approximate surface area is 185 Å². The molecule has 2 aromatic rings. The summed E-state index contributed by atoms with van der Waals surface area (Å²) >= 11 is 6.41. The van der Waals surface area contributed by atoms with Gasteiger partial charge in [-0.05, 0) is 18.9 Å². The fourth-order valence-corrected chi connectivity index (χ4v) is 4.21. The van der Waals surface area contributed by atoms with Crippen molar-refractivity contribution in [2.45, 2.75) is 51.2 Å². The number of halogens is 1. The molecule has 0 radical (unpaired) electrons. The first-order valence-corrected chi connectivity index (χ1v) is 10.3. The van der Waals surface area contributed by atoms with E-state index >= 15 is 0 Å². The summed E-state index contributed by atoms with van der Waals surface area (Å²) < 4.78 is 1.41. The van der Waals surface area contributed by atoms with Crippen molar-refractivity contribution in [1.29, 1.82) is 5.41 Å². The number of hydrogen-bond donors (Lipinski definition) is 5. The topological polar surface area (TPSA) is 146 Å². The molecule has 3 rings (SSSR count). The number of carbonyl (C=O) groups is 1. The highest BCUT2D eigenvalue weighted by atomic mass is 35.5. The summed E-state index contributed by atoms with van der Waals surface area (Å²) in [5.41, 5.74) is 6.46. The number of benzene rings is 1. The van der Waals surface area contributed by atoms with Crippen LogP contribution in [0, 0.1) is 5.41 Å². The maximum Gasteiger partial charge on any atom is 0.294 e. The van der Waals surface area contributed by atoms with Crippen molar-refractivity contribution >= 4 is 29.2 Å². The summed E-state index contributed by atoms with van der Waals surface area (Å²) in [5.74, 6) is -0.316. The van der Waals surface area contributed by atoms with Crippen molar-refractivity contribution in [3.63, 3.8) is 0 Å². The number of hydrogen-bond acceptors (Lipinski definition) is 6. The highest BCUT2D eigenvalue weighted by Crippen LogP contribution is 2.42. The molecule has 1 aromatic carbocycles. The number of aliphatic hydroxyl groups is 1. The molecule has 0 fully saturated rings. The lowest BCUT2D eigenvalue weighted by Crippen LogP contribution is -2.37. The van der Waals surface area contributed by atoms with Crippen molar-refractivity contribution in [1.82, 2.24) is 14.9 Å². The van der Waals surface area contributed by atoms with Crippen LogP contribution in [0.5, 0.6) is 0 Å². The number of carbonyl (C=O) groups excluding carboxylic acids is 1. The first kappa shape index (κ1) is 22.8. The molecular weight excluding hydrogens is 420 g/mol. The fraction of sp³-hybridized carbons (Fsp3) is 0.429. The minimum atomic E-state index is -0.737. The second-order valence-electron chi connectivity index (χ2n) is 8.44. The molecule has 1 aromatic heterocycles. The summed E-state index contributed by atoms with van der Waals surface area (Å²) in [4.78, 5) is 30.4. The molecule has 2 atom stereocenters. The molecule has 0 saturated carbocycles. The highest BCUT2D eigenvalue weighted by molar-refractivity contribution is 6.30. The fourth-order valence-electron chi connectivity index (χ4n) is 3.78. The second-order valence-corrected chi connectivity index (χ2v) is 8.79. The Balaban J connectivity index is 1.87. The van der Waals surface area contributed by atoms with Crippen LogP contribution in [0.2, 0.25) is 5.15 Å². The van der Waals surface area contributed by atoms with Crippen LogP contribution in [0.15, 0.2) is 29.1 Å². The molecule has 2 heterocycles. The van der Waals surface area contributed by atoms with E-state index in [4.69, 9.17) is 22.7 Å². The molecule has 31 heavy (non-hydrogen) atoms. The Morgan fingerprint density at radius 3 is 2.65 bits per heavy atom. The average Bonchev–Trinajstić information content (AvgIpc) is 3.02. The van der Waals surface area contributed by atoms with Gasteiger partial charge in [-0.3, -0.25) is 19.6 Å². The van der Waals surface area contributed by atoms with Crippen molar-refractivity contribution in [3.8, 4) is 0 Å². The van der Waals surface area contributed by atoms with Gasteiger partial charge in [0.2, 0.25) is 5.91 Å². The van der Waals surface area contributed by atoms with Crippen molar-refractivity contribution in [2.75, 3.05) is 11.9 Å². The number of nitrogens with two attached hydrogens (primary N) is 1. The van der Waals surface area contributed by atoms with Crippen molar-refractivity contribution < 1.29 is 9.90 Å². The molecule has 0 aliphatic carbocycles. The molecule has 10 heteroatoms. The number of aliphatic hydroxyl groups excluding tert-OH is 1. The van der Waals surface area contributed by atoms with E-state index in [2.05, 4.69) is 15.6 Å². The SMILES string of the molecule is CC(CO)Nc1nc(Cl)c2n(c1=O)[C@H](C(=O)NCc1ccc(C(=N)N)cc1)CC2(C)C. The minimum Gasteiger partial charge on any atom is -0.394 e. The molecule has 166 valence electrons. The number of fused-ring (bicyclic) bond motifs is 1. The van der Waals surface area contributed by atoms with Crippen LogP contribution in [0.1, 0.15) is 50.1 Å². The van der Waals surface area contributed by atoms with Gasteiger partial charge in [-0.2, -0.15) is 0 Å². The quantitative estimate of drug-likeness (QED) is 0.322. The summed E-state index contributed by atoms with van der Waals surface area (Å²) in [6.07, 6.45) is 0.401. The number of nitrogens with zero attached hydrogens (tertiary/aromatic N) is 2. The first-order valence-electron chi connectivity index (χ1n) is 9.96. The van der Waals surface area contributed by atoms with E-state index in [1.165, 1.54) is 4.57 Å². The van der Waals surface area contributed by atoms with Gasteiger partial charge in [0, 0.05) is 23.6 Å². The van der Waals surface area contributed by atoms with Gasteiger partial charge >= 0.3 is 0 Å². The van der Waals surface area contributed by atoms with Crippen LogP contribution < -0.4 is 21.9 Å². The van der Waals surface area contributed by atoms with E-state index in [0.717, 1.165) is 5.56 Å². The molecule has 6 N–H and O–H groups in total. The molecule has 9 nitrogen and oxygen atoms in total. The monoisotopic (exact) mass is 446 g/mol. The Bertz CT molecular complexity index is 1060. The van der Waals surface area contributed by atoms with Crippen LogP contribution >= 0.6 is 11.6 Å². The Hall–Kier alpha value is -2.91. The molecule has 1 aliphatic rings. The Morgan fingerprint density at radius 1 is 1.42 bits per heavy atom. The predicted octanol–water partition coefficient (Wildman–Crippen LogP) is 1.51. The third-order valence-electron chi connectivity index (χ3n) is 5.42. The number of nitrogens with one attached hydrogen (secondary N) is 3. The van der Waals surface area contributed by atoms with Crippen LogP contribution in [0.25, 0.3) is 0 Å². The first-order chi connectivity index (χ1) is 14.5. The highest BCUT2D eigenvalue weighted by Gasteiger charge is 2.44. The second kappa shape index (κ2) is 8.68. The zero-order valence-corrected chi connectivity index (χ0v) is 18.5. The molecule has 0 saturated heterocycles. The zero-order valence-electron chi connectivity index (χ0n) is 17.7. The summed E-state index contributed by atoms with van der Waals surface area (Å²) in [5, 5.41) is 22.6. The molecule has 1 unspecified atom stereocenters. The largest absolute Gasteiger partial charge is 0.394 e. The average molecular weight is 447 g/mol. The molecule has 0 spiro atoms.